The van der Waals surface area contributed by atoms with Gasteiger partial charge in [-0.05, 0) is 82.3 Å². The molecule has 0 aliphatic rings. The number of nitrogens with zero attached hydrogens (tertiary/aromatic N) is 2. The maximum Gasteiger partial charge on any atom is 0.408 e. The second kappa shape index (κ2) is 20.1. The van der Waals surface area contributed by atoms with Gasteiger partial charge in [-0.25, -0.2) is 14.5 Å². The standard InChI is InChI=1S/C42H54N8O7/c1-27-15-9-11-19-31(27)47-40(55)50(39(54)33(48-41(56)57-42(2,3)4)24-29-25-45-32-20-12-10-18-30(29)32)34(21-13-14-22-43)38(53)46-26-36(51)49(5)35(37(44)52)23-28-16-7-6-8-17-28/h6-12,15-20,25,33-35,45H,13-14,21-24,26,43H2,1-5H3,(H2,44,52)(H,46,53)(H,47,55)(H,48,56)/t33-,34-,35-/m0/s1. The Kier molecular flexibility index (Phi) is 15.3. The van der Waals surface area contributed by atoms with Crippen LogP contribution in [-0.2, 0) is 36.8 Å². The molecule has 4 rings (SSSR count). The summed E-state index contributed by atoms with van der Waals surface area (Å²) in [6.07, 6.45) is 1.65. The van der Waals surface area contributed by atoms with Crippen LogP contribution in [0.4, 0.5) is 15.3 Å². The highest BCUT2D eigenvalue weighted by Gasteiger charge is 2.40. The third-order valence-electron chi connectivity index (χ3n) is 9.35. The lowest BCUT2D eigenvalue weighted by molar-refractivity contribution is -0.140. The van der Waals surface area contributed by atoms with Crippen LogP contribution in [-0.4, -0.2) is 94.4 Å². The van der Waals surface area contributed by atoms with Crippen molar-refractivity contribution in [2.75, 3.05) is 25.5 Å². The van der Waals surface area contributed by atoms with Gasteiger partial charge < -0.3 is 42.0 Å². The number of nitrogens with one attached hydrogen (secondary N) is 4. The van der Waals surface area contributed by atoms with Crippen LogP contribution in [0, 0.1) is 6.92 Å². The highest BCUT2D eigenvalue weighted by molar-refractivity contribution is 6.07. The zero-order valence-corrected chi connectivity index (χ0v) is 33.2. The largest absolute Gasteiger partial charge is 0.444 e. The van der Waals surface area contributed by atoms with Crippen LogP contribution in [0.5, 0.6) is 0 Å². The molecule has 3 aromatic carbocycles. The molecule has 0 fully saturated rings. The number of aryl methyl sites for hydroxylation is 1. The van der Waals surface area contributed by atoms with Crippen LogP contribution in [0.1, 0.15) is 56.7 Å². The number of carbonyl (C=O) groups is 6. The highest BCUT2D eigenvalue weighted by Crippen LogP contribution is 2.23. The molecule has 0 saturated carbocycles. The number of benzene rings is 3. The van der Waals surface area contributed by atoms with Gasteiger partial charge in [0.25, 0.3) is 5.91 Å². The maximum atomic E-state index is 14.9. The molecule has 0 aliphatic carbocycles. The van der Waals surface area contributed by atoms with E-state index < -0.39 is 66.0 Å². The van der Waals surface area contributed by atoms with E-state index >= 15 is 0 Å². The Morgan fingerprint density at radius 1 is 0.860 bits per heavy atom. The fourth-order valence-electron chi connectivity index (χ4n) is 6.33. The Balaban J connectivity index is 1.71. The number of primary amides is 1. The van der Waals surface area contributed by atoms with E-state index in [4.69, 9.17) is 16.2 Å². The minimum Gasteiger partial charge on any atom is -0.444 e. The van der Waals surface area contributed by atoms with E-state index in [1.807, 2.05) is 30.3 Å². The van der Waals surface area contributed by atoms with Crippen molar-refractivity contribution < 1.29 is 33.5 Å². The number of alkyl carbamates (subject to hydrolysis) is 1. The number of imide groups is 1. The molecule has 3 atom stereocenters. The number of hydrogen-bond donors (Lipinski definition) is 6. The van der Waals surface area contributed by atoms with E-state index in [0.717, 1.165) is 26.3 Å². The van der Waals surface area contributed by atoms with Gasteiger partial charge in [-0.1, -0.05) is 66.7 Å². The maximum absolute atomic E-state index is 14.9. The predicted octanol–water partition coefficient (Wildman–Crippen LogP) is 4.14. The number of amides is 7. The molecule has 0 bridgehead atoms. The number of aromatic nitrogens is 1. The molecule has 0 radical (unpaired) electrons. The first-order chi connectivity index (χ1) is 27.1. The number of unbranched alkanes of at least 4 members (excludes halogenated alkanes) is 1. The summed E-state index contributed by atoms with van der Waals surface area (Å²) < 4.78 is 5.53. The summed E-state index contributed by atoms with van der Waals surface area (Å²) in [6.45, 7) is 6.51. The first-order valence-electron chi connectivity index (χ1n) is 18.9. The number of ether oxygens (including phenoxy) is 1. The normalized spacial score (nSPS) is 12.8. The summed E-state index contributed by atoms with van der Waals surface area (Å²) >= 11 is 0. The number of carbonyl (C=O) groups excluding carboxylic acids is 6. The molecule has 7 amide bonds. The average Bonchev–Trinajstić information content (AvgIpc) is 3.57. The Morgan fingerprint density at radius 3 is 2.19 bits per heavy atom. The van der Waals surface area contributed by atoms with Crippen LogP contribution in [0.3, 0.4) is 0 Å². The van der Waals surface area contributed by atoms with E-state index in [9.17, 15) is 28.8 Å². The van der Waals surface area contributed by atoms with Crippen molar-refractivity contribution in [1.29, 1.82) is 0 Å². The summed E-state index contributed by atoms with van der Waals surface area (Å²) in [5, 5.41) is 8.80. The molecule has 304 valence electrons. The molecule has 0 spiro atoms. The van der Waals surface area contributed by atoms with Gasteiger partial charge in [0.15, 0.2) is 0 Å². The number of anilines is 1. The average molecular weight is 783 g/mol. The Morgan fingerprint density at radius 2 is 1.53 bits per heavy atom. The summed E-state index contributed by atoms with van der Waals surface area (Å²) in [5.41, 5.74) is 13.9. The van der Waals surface area contributed by atoms with Crippen molar-refractivity contribution in [3.63, 3.8) is 0 Å². The van der Waals surface area contributed by atoms with Gasteiger partial charge in [0.05, 0.1) is 6.54 Å². The van der Waals surface area contributed by atoms with Gasteiger partial charge in [0.2, 0.25) is 17.7 Å². The van der Waals surface area contributed by atoms with Gasteiger partial charge in [0, 0.05) is 42.7 Å². The number of rotatable bonds is 17. The van der Waals surface area contributed by atoms with Crippen molar-refractivity contribution in [1.82, 2.24) is 25.4 Å². The van der Waals surface area contributed by atoms with Crippen molar-refractivity contribution >= 4 is 52.3 Å². The first-order valence-corrected chi connectivity index (χ1v) is 18.9. The molecular formula is C42H54N8O7. The van der Waals surface area contributed by atoms with Crippen molar-refractivity contribution in [2.45, 2.75) is 83.5 Å². The fourth-order valence-corrected chi connectivity index (χ4v) is 6.33. The predicted molar refractivity (Wildman–Crippen MR) is 218 cm³/mol. The van der Waals surface area contributed by atoms with E-state index in [-0.39, 0.29) is 25.8 Å². The molecule has 1 heterocycles. The topological polar surface area (TPSA) is 222 Å². The summed E-state index contributed by atoms with van der Waals surface area (Å²) in [4.78, 5) is 88.0. The number of hydrogen-bond acceptors (Lipinski definition) is 8. The number of fused-ring (bicyclic) bond motifs is 1. The summed E-state index contributed by atoms with van der Waals surface area (Å²) in [7, 11) is 1.41. The van der Waals surface area contributed by atoms with Gasteiger partial charge in [-0.2, -0.15) is 0 Å². The van der Waals surface area contributed by atoms with Crippen LogP contribution in [0.25, 0.3) is 10.9 Å². The Labute approximate surface area is 332 Å². The van der Waals surface area contributed by atoms with Gasteiger partial charge in [-0.3, -0.25) is 19.2 Å². The third kappa shape index (κ3) is 12.4. The molecule has 0 unspecified atom stereocenters. The van der Waals surface area contributed by atoms with Crippen molar-refractivity contribution in [3.05, 3.63) is 102 Å². The van der Waals surface area contributed by atoms with Crippen LogP contribution < -0.4 is 27.4 Å². The number of H-pyrrole nitrogens is 1. The zero-order chi connectivity index (χ0) is 41.7. The SMILES string of the molecule is Cc1ccccc1NC(=O)N(C(=O)[C@H](Cc1c[nH]c2ccccc12)NC(=O)OC(C)(C)C)[C@@H](CCCCN)C(=O)NCC(=O)N(C)[C@@H](Cc1ccccc1)C(N)=O. The fraction of sp³-hybridized carbons (Fsp3) is 0.381. The molecule has 15 nitrogen and oxygen atoms in total. The van der Waals surface area contributed by atoms with Crippen LogP contribution in [0.2, 0.25) is 0 Å². The number of nitrogens with two attached hydrogens (primary N) is 2. The lowest BCUT2D eigenvalue weighted by Gasteiger charge is -2.33. The molecule has 1 aromatic heterocycles. The van der Waals surface area contributed by atoms with Crippen LogP contribution in [0.15, 0.2) is 85.1 Å². The first kappa shape index (κ1) is 43.5. The molecule has 57 heavy (non-hydrogen) atoms. The van der Waals surface area contributed by atoms with E-state index in [1.165, 1.54) is 7.05 Å². The third-order valence-corrected chi connectivity index (χ3v) is 9.35. The van der Waals surface area contributed by atoms with Gasteiger partial charge in [0.1, 0.15) is 23.7 Å². The summed E-state index contributed by atoms with van der Waals surface area (Å²) in [6, 6.07) is 18.6. The molecule has 0 saturated heterocycles. The number of urea groups is 1. The number of aromatic amines is 1. The monoisotopic (exact) mass is 782 g/mol. The Bertz CT molecular complexity index is 2030. The van der Waals surface area contributed by atoms with Crippen molar-refractivity contribution in [3.8, 4) is 0 Å². The minimum atomic E-state index is -1.46. The second-order valence-corrected chi connectivity index (χ2v) is 14.8. The van der Waals surface area contributed by atoms with Crippen LogP contribution >= 0.6 is 0 Å². The van der Waals surface area contributed by atoms with E-state index in [1.54, 1.807) is 82.4 Å². The summed E-state index contributed by atoms with van der Waals surface area (Å²) in [5.74, 6) is -3.08. The molecule has 15 heteroatoms. The van der Waals surface area contributed by atoms with E-state index in [2.05, 4.69) is 20.9 Å². The molecule has 0 aliphatic heterocycles. The van der Waals surface area contributed by atoms with Gasteiger partial charge in [-0.15, -0.1) is 0 Å². The number of para-hydroxylation sites is 2. The molecular weight excluding hydrogens is 729 g/mol. The lowest BCUT2D eigenvalue weighted by Crippen LogP contribution is -2.60. The van der Waals surface area contributed by atoms with E-state index in [0.29, 0.717) is 29.7 Å². The lowest BCUT2D eigenvalue weighted by atomic mass is 10.0. The van der Waals surface area contributed by atoms with Crippen molar-refractivity contribution in [2.24, 2.45) is 11.5 Å². The Hall–Kier alpha value is -6.22. The molecule has 4 aromatic rings. The minimum absolute atomic E-state index is 0.0237. The van der Waals surface area contributed by atoms with Gasteiger partial charge >= 0.3 is 12.1 Å². The quantitative estimate of drug-likeness (QED) is 0.0853. The molecule has 8 N–H and O–H groups in total. The zero-order valence-electron chi connectivity index (χ0n) is 33.2. The number of likely N-dealkylation sites (N-methyl/N-ethyl adjacent to an activating group) is 1. The second-order valence-electron chi connectivity index (χ2n) is 14.8. The highest BCUT2D eigenvalue weighted by atomic mass is 16.6. The smallest absolute Gasteiger partial charge is 0.408 e.